The number of aliphatic hydroxyl groups excluding tert-OH is 1. The number of hydrogen-bond donors (Lipinski definition) is 4. The highest BCUT2D eigenvalue weighted by atomic mass is 32.1. The molecule has 7 aromatic rings. The number of rotatable bonds is 26. The molecule has 99 heavy (non-hydrogen) atoms. The Morgan fingerprint density at radius 3 is 2.29 bits per heavy atom. The minimum absolute atomic E-state index is 0.00582. The molecular formula is C77H102N14O6S2. The number of para-hydroxylation sites is 1. The van der Waals surface area contributed by atoms with Crippen molar-refractivity contribution in [2.45, 2.75) is 214 Å². The van der Waals surface area contributed by atoms with Crippen molar-refractivity contribution in [2.75, 3.05) is 63.1 Å². The maximum absolute atomic E-state index is 15.2. The van der Waals surface area contributed by atoms with Gasteiger partial charge in [0.1, 0.15) is 23.6 Å². The first-order chi connectivity index (χ1) is 47.4. The van der Waals surface area contributed by atoms with Crippen LogP contribution in [-0.4, -0.2) is 155 Å². The number of aryl methyl sites for hydroxylation is 1. The van der Waals surface area contributed by atoms with E-state index in [-0.39, 0.29) is 70.9 Å². The SMILES string of the molecule is Cc1ncsc1-c1ccc([C@H](C)NC(=O)[C@@H]2C[C@@H](O)CN2C(=O)[C@@H](NC(=O)CCCCCCCCN(C)C(=O)c2nc(N3CCCc4c3nnc(Nc3nc5ccccc5s3)c4C)ccc2-c2cnn(C[C@]34C[C@]5(C)C[C@](C)(C3)C[C@@](OCCN3CCCC3)(C5)C4)c2C)C(C)(C)C)cc1. The van der Waals surface area contributed by atoms with Crippen LogP contribution in [0.4, 0.5) is 22.6 Å². The summed E-state index contributed by atoms with van der Waals surface area (Å²) in [6, 6.07) is 18.1. The molecule has 4 amide bonds. The number of ether oxygens (including phenoxy) is 1. The molecular weight excluding hydrogens is 1280 g/mol. The minimum Gasteiger partial charge on any atom is -0.391 e. The van der Waals surface area contributed by atoms with E-state index in [1.807, 2.05) is 107 Å². The lowest BCUT2D eigenvalue weighted by Gasteiger charge is -2.69. The normalized spacial score (nSPS) is 24.2. The van der Waals surface area contributed by atoms with Gasteiger partial charge in [-0.2, -0.15) is 5.10 Å². The van der Waals surface area contributed by atoms with Crippen molar-refractivity contribution in [1.82, 2.24) is 60.3 Å². The number of unbranched alkanes of at least 4 members (excludes halogenated alkanes) is 5. The second-order valence-corrected chi connectivity index (χ2v) is 33.8. The van der Waals surface area contributed by atoms with Gasteiger partial charge in [-0.25, -0.2) is 15.0 Å². The molecule has 14 rings (SSSR count). The summed E-state index contributed by atoms with van der Waals surface area (Å²) in [7, 11) is 1.88. The van der Waals surface area contributed by atoms with Gasteiger partial charge in [-0.05, 0) is 175 Å². The van der Waals surface area contributed by atoms with Gasteiger partial charge in [-0.3, -0.25) is 23.9 Å². The molecule has 7 aliphatic rings. The average molecular weight is 1380 g/mol. The van der Waals surface area contributed by atoms with Crippen LogP contribution in [-0.2, 0) is 32.1 Å². The third-order valence-corrected chi connectivity index (χ3v) is 24.3. The Hall–Kier alpha value is -7.24. The number of carbonyl (C=O) groups is 4. The smallest absolute Gasteiger partial charge is 0.272 e. The summed E-state index contributed by atoms with van der Waals surface area (Å²) >= 11 is 3.17. The van der Waals surface area contributed by atoms with E-state index >= 15 is 4.79 Å². The van der Waals surface area contributed by atoms with Gasteiger partial charge in [-0.1, -0.05) is 108 Å². The van der Waals surface area contributed by atoms with Gasteiger partial charge in [0.05, 0.1) is 56.8 Å². The maximum Gasteiger partial charge on any atom is 0.272 e. The highest BCUT2D eigenvalue weighted by molar-refractivity contribution is 7.22. The zero-order valence-corrected chi connectivity index (χ0v) is 61.5. The van der Waals surface area contributed by atoms with Crippen molar-refractivity contribution in [3.63, 3.8) is 0 Å². The molecule has 4 N–H and O–H groups in total. The van der Waals surface area contributed by atoms with E-state index in [4.69, 9.17) is 30.0 Å². The van der Waals surface area contributed by atoms with Crippen LogP contribution in [0.25, 0.3) is 31.8 Å². The number of aliphatic hydroxyl groups is 1. The number of nitrogens with zero attached hydrogens (tertiary/aromatic N) is 11. The van der Waals surface area contributed by atoms with Gasteiger partial charge < -0.3 is 45.4 Å². The number of likely N-dealkylation sites (tertiary alicyclic amines) is 2. The molecule has 3 aliphatic heterocycles. The zero-order chi connectivity index (χ0) is 69.6. The number of benzene rings is 2. The zero-order valence-electron chi connectivity index (χ0n) is 59.8. The number of β-amino-alcohol motifs (C(OH)–C–C–N with tert-alkyl or cyclic N) is 1. The number of anilines is 4. The highest BCUT2D eigenvalue weighted by Crippen LogP contribution is 2.72. The lowest BCUT2D eigenvalue weighted by atomic mass is 9.39. The number of nitrogens with one attached hydrogen (secondary N) is 3. The molecule has 0 unspecified atom stereocenters. The molecule has 8 heterocycles. The van der Waals surface area contributed by atoms with Crippen LogP contribution in [0.3, 0.4) is 0 Å². The van der Waals surface area contributed by atoms with Crippen LogP contribution >= 0.6 is 22.7 Å². The Morgan fingerprint density at radius 2 is 1.57 bits per heavy atom. The number of pyridine rings is 1. The summed E-state index contributed by atoms with van der Waals surface area (Å²) in [5.41, 5.74) is 10.6. The van der Waals surface area contributed by atoms with Crippen LogP contribution in [0.1, 0.15) is 195 Å². The first kappa shape index (κ1) is 70.2. The number of fused-ring (bicyclic) bond motifs is 2. The molecule has 4 saturated carbocycles. The largest absolute Gasteiger partial charge is 0.391 e. The fourth-order valence-corrected chi connectivity index (χ4v) is 20.2. The predicted molar refractivity (Wildman–Crippen MR) is 392 cm³/mol. The Labute approximate surface area is 591 Å². The van der Waals surface area contributed by atoms with Crippen molar-refractivity contribution in [1.29, 1.82) is 0 Å². The standard InChI is InChI=1S/C77H102N14O6S2/c1-49-56-22-21-35-89(68(56)86-85-67(49)84-72-81-59-23-16-17-24-61(59)99-72)62-31-30-57(58-39-79-91(52(58)4)47-76-42-74(8)41-75(9,43-76)45-77(44-74,46-76)97-37-36-88-33-19-20-34-88)64(82-62)70(95)87(10)32-18-14-12-11-13-15-25-63(93)83-66(73(5,6)7)71(96)90-40-55(92)38-60(90)69(94)80-50(2)53-26-28-54(29-27-53)65-51(3)78-48-98-65/h16-17,23-24,26-31,39,48,50,55,60,66,92H,11-15,18-22,25,32-38,40-47H2,1-10H3,(H,80,94)(H,83,93)(H,81,84,85)/t50-,55+,60-,66+,74-,75+,76+,77-/m0/s1. The van der Waals surface area contributed by atoms with Gasteiger partial charge in [0, 0.05) is 80.6 Å². The molecule has 8 atom stereocenters. The van der Waals surface area contributed by atoms with Gasteiger partial charge in [0.15, 0.2) is 16.8 Å². The summed E-state index contributed by atoms with van der Waals surface area (Å²) in [4.78, 5) is 80.8. The van der Waals surface area contributed by atoms with Crippen LogP contribution in [0.2, 0.25) is 0 Å². The fourth-order valence-electron chi connectivity index (χ4n) is 18.5. The van der Waals surface area contributed by atoms with E-state index in [1.54, 1.807) is 22.7 Å². The van der Waals surface area contributed by atoms with Crippen molar-refractivity contribution in [3.8, 4) is 21.6 Å². The number of hydrogen-bond acceptors (Lipinski definition) is 17. The molecule has 4 aliphatic carbocycles. The topological polar surface area (TPSA) is 229 Å². The van der Waals surface area contributed by atoms with Gasteiger partial charge in [0.2, 0.25) is 17.7 Å². The molecule has 5 aromatic heterocycles. The molecule has 6 fully saturated rings. The molecule has 22 heteroatoms. The summed E-state index contributed by atoms with van der Waals surface area (Å²) in [6.45, 7) is 25.1. The van der Waals surface area contributed by atoms with Gasteiger partial charge in [-0.15, -0.1) is 21.5 Å². The third kappa shape index (κ3) is 15.2. The lowest BCUT2D eigenvalue weighted by molar-refractivity contribution is -0.248. The summed E-state index contributed by atoms with van der Waals surface area (Å²) in [5, 5.41) is 36.0. The van der Waals surface area contributed by atoms with Crippen LogP contribution in [0.15, 0.2) is 72.4 Å². The van der Waals surface area contributed by atoms with E-state index in [9.17, 15) is 19.5 Å². The van der Waals surface area contributed by atoms with Crippen molar-refractivity contribution >= 4 is 79.1 Å². The number of thiazole rings is 2. The molecule has 4 bridgehead atoms. The quantitative estimate of drug-likeness (QED) is 0.0370. The summed E-state index contributed by atoms with van der Waals surface area (Å²) in [6.07, 6.45) is 17.6. The minimum atomic E-state index is -0.902. The van der Waals surface area contributed by atoms with Crippen LogP contribution in [0.5, 0.6) is 0 Å². The van der Waals surface area contributed by atoms with Crippen LogP contribution < -0.4 is 20.9 Å². The monoisotopic (exact) mass is 1380 g/mol. The molecule has 20 nitrogen and oxygen atoms in total. The van der Waals surface area contributed by atoms with E-state index in [2.05, 4.69) is 75.2 Å². The highest BCUT2D eigenvalue weighted by Gasteiger charge is 2.66. The molecule has 0 radical (unpaired) electrons. The second kappa shape index (κ2) is 28.6. The Morgan fingerprint density at radius 1 is 0.828 bits per heavy atom. The number of carbonyl (C=O) groups excluding carboxylic acids is 4. The Balaban J connectivity index is 0.646. The van der Waals surface area contributed by atoms with E-state index in [0.717, 1.165) is 168 Å². The van der Waals surface area contributed by atoms with Crippen LogP contribution in [0, 0.1) is 42.4 Å². The second-order valence-electron chi connectivity index (χ2n) is 32.0. The van der Waals surface area contributed by atoms with E-state index in [0.29, 0.717) is 36.8 Å². The van der Waals surface area contributed by atoms with E-state index in [1.165, 1.54) is 37.3 Å². The average Bonchev–Trinajstić information content (AvgIpc) is 0.977. The Kier molecular flexibility index (Phi) is 20.3. The summed E-state index contributed by atoms with van der Waals surface area (Å²) < 4.78 is 10.5. The number of aromatic nitrogens is 7. The van der Waals surface area contributed by atoms with Crippen molar-refractivity contribution < 1.29 is 29.0 Å². The molecule has 0 spiro atoms. The predicted octanol–water partition coefficient (Wildman–Crippen LogP) is 13.6. The lowest BCUT2D eigenvalue weighted by Crippen LogP contribution is -2.64. The fraction of sp³-hybridized carbons (Fsp3) is 0.584. The first-order valence-electron chi connectivity index (χ1n) is 36.4. The molecule has 2 saturated heterocycles. The third-order valence-electron chi connectivity index (χ3n) is 22.4. The first-order valence-corrected chi connectivity index (χ1v) is 38.1. The van der Waals surface area contributed by atoms with Crippen molar-refractivity contribution in [2.24, 2.45) is 21.7 Å². The maximum atomic E-state index is 15.2. The Bertz CT molecular complexity index is 4050. The summed E-state index contributed by atoms with van der Waals surface area (Å²) in [5.74, 6) is 0.961. The van der Waals surface area contributed by atoms with E-state index < -0.39 is 23.6 Å². The molecule has 2 aromatic carbocycles. The van der Waals surface area contributed by atoms with Gasteiger partial charge >= 0.3 is 0 Å². The molecule has 528 valence electrons. The number of amides is 4. The van der Waals surface area contributed by atoms with Crippen molar-refractivity contribution in [3.05, 3.63) is 106 Å². The van der Waals surface area contributed by atoms with Gasteiger partial charge in [0.25, 0.3) is 5.91 Å².